The summed E-state index contributed by atoms with van der Waals surface area (Å²) in [6.45, 7) is 1.94. The third kappa shape index (κ3) is 3.51. The number of pyridine rings is 1. The van der Waals surface area contributed by atoms with Crippen molar-refractivity contribution >= 4 is 41.2 Å². The molecule has 2 rings (SSSR count). The number of aromatic nitrogens is 1. The lowest BCUT2D eigenvalue weighted by Crippen LogP contribution is -2.24. The molecule has 1 aromatic heterocycles. The van der Waals surface area contributed by atoms with Crippen LogP contribution in [0.4, 0.5) is 5.82 Å². The van der Waals surface area contributed by atoms with Gasteiger partial charge < -0.3 is 10.1 Å². The molecular weight excluding hydrogens is 284 g/mol. The fourth-order valence-electron chi connectivity index (χ4n) is 1.35. The lowest BCUT2D eigenvalue weighted by atomic mass is 10.3. The smallest absolute Gasteiger partial charge is 0.345 e. The van der Waals surface area contributed by atoms with Crippen LogP contribution in [0.25, 0.3) is 0 Å². The minimum atomic E-state index is -0.592. The number of esters is 1. The van der Waals surface area contributed by atoms with Crippen molar-refractivity contribution in [3.8, 4) is 0 Å². The van der Waals surface area contributed by atoms with Gasteiger partial charge in [0.15, 0.2) is 0 Å². The highest BCUT2D eigenvalue weighted by Crippen LogP contribution is 2.45. The van der Waals surface area contributed by atoms with E-state index in [1.807, 2.05) is 0 Å². The molecule has 0 spiro atoms. The number of amides is 1. The number of hydrogen-bond acceptors (Lipinski definition) is 6. The largest absolute Gasteiger partial charge is 0.462 e. The highest BCUT2D eigenvalue weighted by atomic mass is 32.3. The fraction of sp³-hybridized carbons (Fsp3) is 0.250. The van der Waals surface area contributed by atoms with E-state index in [1.165, 1.54) is 23.5 Å². The molecule has 1 N–H and O–H groups in total. The van der Waals surface area contributed by atoms with Gasteiger partial charge >= 0.3 is 5.97 Å². The molecule has 0 radical (unpaired) electrons. The Labute approximate surface area is 119 Å². The standard InChI is InChI=1S/C12H12N2O3S2/c1-2-17-11(16)9(12-18-7-19-12)10(15)14-8-5-3-4-6-13-8/h3-6H,2,7H2,1H3,(H,13,14,15). The Hall–Kier alpha value is -1.47. The third-order valence-electron chi connectivity index (χ3n) is 2.20. The minimum Gasteiger partial charge on any atom is -0.462 e. The first-order valence-corrected chi connectivity index (χ1v) is 7.59. The lowest BCUT2D eigenvalue weighted by Gasteiger charge is -2.18. The Bertz CT molecular complexity index is 511. The molecule has 1 aromatic rings. The normalized spacial score (nSPS) is 13.4. The number of nitrogens with zero attached hydrogens (tertiary/aromatic N) is 1. The molecule has 2 heterocycles. The molecule has 0 bridgehead atoms. The van der Waals surface area contributed by atoms with Crippen LogP contribution in [-0.2, 0) is 14.3 Å². The molecule has 0 unspecified atom stereocenters. The Morgan fingerprint density at radius 3 is 2.74 bits per heavy atom. The molecule has 1 saturated heterocycles. The number of carbonyl (C=O) groups excluding carboxylic acids is 2. The molecule has 0 aliphatic carbocycles. The summed E-state index contributed by atoms with van der Waals surface area (Å²) >= 11 is 2.93. The maximum Gasteiger partial charge on any atom is 0.345 e. The number of carbonyl (C=O) groups is 2. The molecule has 7 heteroatoms. The van der Waals surface area contributed by atoms with Gasteiger partial charge in [-0.25, -0.2) is 9.78 Å². The second-order valence-corrected chi connectivity index (χ2v) is 6.05. The lowest BCUT2D eigenvalue weighted by molar-refractivity contribution is -0.139. The number of ether oxygens (including phenoxy) is 1. The summed E-state index contributed by atoms with van der Waals surface area (Å²) in [6.07, 6.45) is 1.57. The van der Waals surface area contributed by atoms with Crippen LogP contribution in [0.5, 0.6) is 0 Å². The molecular formula is C12H12N2O3S2. The molecule has 1 aliphatic heterocycles. The number of rotatable bonds is 4. The zero-order valence-electron chi connectivity index (χ0n) is 10.2. The number of hydrogen-bond donors (Lipinski definition) is 1. The van der Waals surface area contributed by atoms with E-state index in [-0.39, 0.29) is 12.2 Å². The van der Waals surface area contributed by atoms with Crippen molar-refractivity contribution in [2.24, 2.45) is 0 Å². The van der Waals surface area contributed by atoms with Crippen molar-refractivity contribution in [3.05, 3.63) is 34.2 Å². The Morgan fingerprint density at radius 1 is 1.42 bits per heavy atom. The molecule has 5 nitrogen and oxygen atoms in total. The van der Waals surface area contributed by atoms with Gasteiger partial charge in [-0.2, -0.15) is 0 Å². The first kappa shape index (κ1) is 14.0. The maximum absolute atomic E-state index is 12.1. The predicted octanol–water partition coefficient (Wildman–Crippen LogP) is 2.23. The van der Waals surface area contributed by atoms with Crippen LogP contribution >= 0.6 is 23.5 Å². The van der Waals surface area contributed by atoms with Gasteiger partial charge in [-0.1, -0.05) is 6.07 Å². The monoisotopic (exact) mass is 296 g/mol. The van der Waals surface area contributed by atoms with Gasteiger partial charge in [0.1, 0.15) is 11.4 Å². The van der Waals surface area contributed by atoms with Crippen molar-refractivity contribution in [1.29, 1.82) is 0 Å². The van der Waals surface area contributed by atoms with E-state index < -0.39 is 11.9 Å². The SMILES string of the molecule is CCOC(=O)C(C(=O)Nc1ccccn1)=C1SCS1. The fourth-order valence-corrected chi connectivity index (χ4v) is 2.93. The zero-order valence-corrected chi connectivity index (χ0v) is 11.8. The molecule has 0 saturated carbocycles. The van der Waals surface area contributed by atoms with Crippen molar-refractivity contribution in [1.82, 2.24) is 4.98 Å². The van der Waals surface area contributed by atoms with Crippen molar-refractivity contribution in [3.63, 3.8) is 0 Å². The van der Waals surface area contributed by atoms with Gasteiger partial charge in [0.2, 0.25) is 0 Å². The quantitative estimate of drug-likeness (QED) is 0.398. The average molecular weight is 296 g/mol. The zero-order chi connectivity index (χ0) is 13.7. The predicted molar refractivity (Wildman–Crippen MR) is 76.6 cm³/mol. The van der Waals surface area contributed by atoms with Gasteiger partial charge in [0.25, 0.3) is 5.91 Å². The first-order valence-electron chi connectivity index (χ1n) is 5.61. The summed E-state index contributed by atoms with van der Waals surface area (Å²) in [7, 11) is 0. The van der Waals surface area contributed by atoms with Crippen LogP contribution in [0.1, 0.15) is 6.92 Å². The second kappa shape index (κ2) is 6.63. The number of nitrogens with one attached hydrogen (secondary N) is 1. The average Bonchev–Trinajstić information content (AvgIpc) is 2.34. The van der Waals surface area contributed by atoms with Gasteiger partial charge in [-0.15, -0.1) is 23.5 Å². The molecule has 1 aliphatic rings. The Kier molecular flexibility index (Phi) is 4.86. The summed E-state index contributed by atoms with van der Waals surface area (Å²) < 4.78 is 5.62. The molecule has 19 heavy (non-hydrogen) atoms. The van der Waals surface area contributed by atoms with Crippen LogP contribution in [0.2, 0.25) is 0 Å². The summed E-state index contributed by atoms with van der Waals surface area (Å²) in [4.78, 5) is 27.9. The van der Waals surface area contributed by atoms with E-state index in [0.29, 0.717) is 10.1 Å². The first-order chi connectivity index (χ1) is 9.22. The van der Waals surface area contributed by atoms with Crippen LogP contribution < -0.4 is 5.32 Å². The summed E-state index contributed by atoms with van der Waals surface area (Å²) in [6, 6.07) is 5.16. The molecule has 1 amide bonds. The van der Waals surface area contributed by atoms with E-state index in [2.05, 4.69) is 10.3 Å². The molecule has 0 atom stereocenters. The third-order valence-corrected chi connectivity index (χ3v) is 4.78. The second-order valence-electron chi connectivity index (χ2n) is 3.46. The van der Waals surface area contributed by atoms with Crippen molar-refractivity contribution in [2.75, 3.05) is 17.0 Å². The number of thioether (sulfide) groups is 2. The van der Waals surface area contributed by atoms with E-state index in [0.717, 1.165) is 5.08 Å². The van der Waals surface area contributed by atoms with Crippen LogP contribution in [-0.4, -0.2) is 28.6 Å². The summed E-state index contributed by atoms with van der Waals surface area (Å²) in [5.74, 6) is -0.665. The van der Waals surface area contributed by atoms with Crippen molar-refractivity contribution < 1.29 is 14.3 Å². The molecule has 100 valence electrons. The van der Waals surface area contributed by atoms with E-state index in [4.69, 9.17) is 4.74 Å². The van der Waals surface area contributed by atoms with Gasteiger partial charge in [0.05, 0.1) is 10.8 Å². The maximum atomic E-state index is 12.1. The van der Waals surface area contributed by atoms with Crippen LogP contribution in [0, 0.1) is 0 Å². The van der Waals surface area contributed by atoms with Gasteiger partial charge in [-0.05, 0) is 19.1 Å². The van der Waals surface area contributed by atoms with Gasteiger partial charge in [-0.3, -0.25) is 4.79 Å². The highest BCUT2D eigenvalue weighted by molar-refractivity contribution is 8.37. The number of anilines is 1. The molecule has 1 fully saturated rings. The van der Waals surface area contributed by atoms with Crippen LogP contribution in [0.3, 0.4) is 0 Å². The van der Waals surface area contributed by atoms with E-state index in [9.17, 15) is 9.59 Å². The molecule has 0 aromatic carbocycles. The highest BCUT2D eigenvalue weighted by Gasteiger charge is 2.29. The Morgan fingerprint density at radius 2 is 2.21 bits per heavy atom. The summed E-state index contributed by atoms with van der Waals surface area (Å²) in [5.41, 5.74) is 0.0637. The van der Waals surface area contributed by atoms with Crippen LogP contribution in [0.15, 0.2) is 34.2 Å². The van der Waals surface area contributed by atoms with Gasteiger partial charge in [0, 0.05) is 11.3 Å². The van der Waals surface area contributed by atoms with Crippen molar-refractivity contribution in [2.45, 2.75) is 6.92 Å². The van der Waals surface area contributed by atoms with E-state index in [1.54, 1.807) is 31.3 Å². The summed E-state index contributed by atoms with van der Waals surface area (Å²) in [5, 5.41) is 3.44. The topological polar surface area (TPSA) is 68.3 Å². The van der Waals surface area contributed by atoms with E-state index >= 15 is 0 Å². The minimum absolute atomic E-state index is 0.0637. The Balaban J connectivity index is 2.15.